The Bertz CT molecular complexity index is 737. The third-order valence-corrected chi connectivity index (χ3v) is 3.31. The Morgan fingerprint density at radius 3 is 2.50 bits per heavy atom. The summed E-state index contributed by atoms with van der Waals surface area (Å²) in [6, 6.07) is 16.9. The fourth-order valence-electron chi connectivity index (χ4n) is 1.86. The molecule has 0 N–H and O–H groups in total. The molecule has 0 saturated carbocycles. The van der Waals surface area contributed by atoms with Crippen molar-refractivity contribution in [1.29, 1.82) is 0 Å². The third-order valence-electron chi connectivity index (χ3n) is 2.97. The zero-order valence-corrected chi connectivity index (χ0v) is 12.9. The lowest BCUT2D eigenvalue weighted by Crippen LogP contribution is -2.04. The van der Waals surface area contributed by atoms with Gasteiger partial charge < -0.3 is 4.74 Å². The smallest absolute Gasteiger partial charge is 0.334 e. The van der Waals surface area contributed by atoms with Gasteiger partial charge >= 0.3 is 5.97 Å². The Balaban J connectivity index is 2.23. The molecule has 110 valence electrons. The standard InChI is InChI=1S/C19H15ClO2/c1-22-19(21)17(14-16-11-5-6-13-18(16)20)12-7-10-15-8-3-2-4-9-15/h2-6,8-9,11,13-14H,12H2,1H3. The van der Waals surface area contributed by atoms with Gasteiger partial charge in [0.2, 0.25) is 0 Å². The summed E-state index contributed by atoms with van der Waals surface area (Å²) in [4.78, 5) is 11.9. The van der Waals surface area contributed by atoms with E-state index in [0.717, 1.165) is 11.1 Å². The van der Waals surface area contributed by atoms with Gasteiger partial charge in [-0.15, -0.1) is 0 Å². The van der Waals surface area contributed by atoms with Crippen molar-refractivity contribution in [2.75, 3.05) is 7.11 Å². The van der Waals surface area contributed by atoms with Crippen LogP contribution < -0.4 is 0 Å². The molecule has 0 aliphatic carbocycles. The molecule has 0 spiro atoms. The molecule has 0 saturated heterocycles. The summed E-state index contributed by atoms with van der Waals surface area (Å²) in [5, 5.41) is 0.583. The summed E-state index contributed by atoms with van der Waals surface area (Å²) in [7, 11) is 1.35. The number of carbonyl (C=O) groups is 1. The molecule has 0 atom stereocenters. The van der Waals surface area contributed by atoms with Crippen molar-refractivity contribution in [3.63, 3.8) is 0 Å². The van der Waals surface area contributed by atoms with E-state index in [-0.39, 0.29) is 0 Å². The largest absolute Gasteiger partial charge is 0.466 e. The molecule has 0 radical (unpaired) electrons. The predicted octanol–water partition coefficient (Wildman–Crippen LogP) is 4.34. The van der Waals surface area contributed by atoms with Gasteiger partial charge in [0.25, 0.3) is 0 Å². The lowest BCUT2D eigenvalue weighted by Gasteiger charge is -2.03. The Kier molecular flexibility index (Phi) is 5.82. The van der Waals surface area contributed by atoms with Gasteiger partial charge in [-0.3, -0.25) is 0 Å². The molecule has 2 nitrogen and oxygen atoms in total. The number of halogens is 1. The summed E-state index contributed by atoms with van der Waals surface area (Å²) >= 11 is 6.11. The van der Waals surface area contributed by atoms with Crippen LogP contribution in [0.5, 0.6) is 0 Å². The number of hydrogen-bond donors (Lipinski definition) is 0. The molecular weight excluding hydrogens is 296 g/mol. The number of methoxy groups -OCH3 is 1. The van der Waals surface area contributed by atoms with Crippen LogP contribution in [-0.2, 0) is 9.53 Å². The van der Waals surface area contributed by atoms with Gasteiger partial charge in [-0.25, -0.2) is 4.79 Å². The minimum atomic E-state index is -0.401. The van der Waals surface area contributed by atoms with Crippen LogP contribution in [0.15, 0.2) is 60.2 Å². The van der Waals surface area contributed by atoms with Crippen molar-refractivity contribution in [2.45, 2.75) is 6.42 Å². The second kappa shape index (κ2) is 8.07. The minimum Gasteiger partial charge on any atom is -0.466 e. The molecule has 3 heteroatoms. The molecule has 0 aliphatic heterocycles. The highest BCUT2D eigenvalue weighted by molar-refractivity contribution is 6.32. The van der Waals surface area contributed by atoms with E-state index in [0.29, 0.717) is 17.0 Å². The molecule has 0 heterocycles. The van der Waals surface area contributed by atoms with Crippen molar-refractivity contribution in [3.05, 3.63) is 76.3 Å². The van der Waals surface area contributed by atoms with E-state index >= 15 is 0 Å². The Morgan fingerprint density at radius 2 is 1.82 bits per heavy atom. The SMILES string of the molecule is COC(=O)C(=Cc1ccccc1Cl)CC#Cc1ccccc1. The van der Waals surface area contributed by atoms with Gasteiger partial charge in [-0.2, -0.15) is 0 Å². The summed E-state index contributed by atoms with van der Waals surface area (Å²) in [6.07, 6.45) is 2.01. The maximum absolute atomic E-state index is 11.9. The zero-order chi connectivity index (χ0) is 15.8. The number of rotatable bonds is 3. The highest BCUT2D eigenvalue weighted by Crippen LogP contribution is 2.19. The first kappa shape index (κ1) is 15.9. The van der Waals surface area contributed by atoms with Crippen LogP contribution in [0.25, 0.3) is 6.08 Å². The number of carbonyl (C=O) groups excluding carboxylic acids is 1. The van der Waals surface area contributed by atoms with Gasteiger partial charge in [0.05, 0.1) is 7.11 Å². The summed E-state index contributed by atoms with van der Waals surface area (Å²) < 4.78 is 4.81. The van der Waals surface area contributed by atoms with Crippen LogP contribution in [-0.4, -0.2) is 13.1 Å². The summed E-state index contributed by atoms with van der Waals surface area (Å²) in [5.41, 5.74) is 2.15. The maximum Gasteiger partial charge on any atom is 0.334 e. The monoisotopic (exact) mass is 310 g/mol. The Morgan fingerprint density at radius 1 is 1.14 bits per heavy atom. The van der Waals surface area contributed by atoms with E-state index in [1.54, 1.807) is 12.1 Å². The van der Waals surface area contributed by atoms with E-state index in [4.69, 9.17) is 16.3 Å². The lowest BCUT2D eigenvalue weighted by atomic mass is 10.1. The van der Waals surface area contributed by atoms with Crippen molar-refractivity contribution in [3.8, 4) is 11.8 Å². The lowest BCUT2D eigenvalue weighted by molar-refractivity contribution is -0.136. The van der Waals surface area contributed by atoms with Gasteiger partial charge in [0, 0.05) is 22.6 Å². The van der Waals surface area contributed by atoms with Gasteiger partial charge in [-0.1, -0.05) is 59.8 Å². The number of ether oxygens (including phenoxy) is 1. The highest BCUT2D eigenvalue weighted by atomic mass is 35.5. The van der Waals surface area contributed by atoms with E-state index in [2.05, 4.69) is 11.8 Å². The van der Waals surface area contributed by atoms with E-state index < -0.39 is 5.97 Å². The van der Waals surface area contributed by atoms with Crippen LogP contribution >= 0.6 is 11.6 Å². The predicted molar refractivity (Wildman–Crippen MR) is 89.4 cm³/mol. The molecule has 0 aromatic heterocycles. The van der Waals surface area contributed by atoms with Crippen LogP contribution in [0.3, 0.4) is 0 Å². The van der Waals surface area contributed by atoms with Crippen LogP contribution in [0.2, 0.25) is 5.02 Å². The second-order valence-corrected chi connectivity index (χ2v) is 4.93. The van der Waals surface area contributed by atoms with Gasteiger partial charge in [0.1, 0.15) is 0 Å². The number of hydrogen-bond acceptors (Lipinski definition) is 2. The first-order valence-electron chi connectivity index (χ1n) is 6.78. The number of esters is 1. The molecule has 2 rings (SSSR count). The van der Waals surface area contributed by atoms with Gasteiger partial charge in [-0.05, 0) is 29.8 Å². The van der Waals surface area contributed by atoms with Crippen molar-refractivity contribution < 1.29 is 9.53 Å². The first-order valence-corrected chi connectivity index (χ1v) is 7.16. The Labute approximate surface area is 135 Å². The fourth-order valence-corrected chi connectivity index (χ4v) is 2.05. The molecule has 0 aliphatic rings. The normalized spacial score (nSPS) is 10.5. The topological polar surface area (TPSA) is 26.3 Å². The molecule has 2 aromatic carbocycles. The van der Waals surface area contributed by atoms with Gasteiger partial charge in [0.15, 0.2) is 0 Å². The quantitative estimate of drug-likeness (QED) is 0.479. The van der Waals surface area contributed by atoms with E-state index in [9.17, 15) is 4.79 Å². The summed E-state index contributed by atoms with van der Waals surface area (Å²) in [6.45, 7) is 0. The average Bonchev–Trinajstić information content (AvgIpc) is 2.56. The fraction of sp³-hybridized carbons (Fsp3) is 0.105. The van der Waals surface area contributed by atoms with Crippen LogP contribution in [0.1, 0.15) is 17.5 Å². The maximum atomic E-state index is 11.9. The van der Waals surface area contributed by atoms with E-state index in [1.807, 2.05) is 48.5 Å². The molecule has 2 aromatic rings. The Hall–Kier alpha value is -2.50. The molecule has 0 bridgehead atoms. The van der Waals surface area contributed by atoms with E-state index in [1.165, 1.54) is 7.11 Å². The van der Waals surface area contributed by atoms with Crippen LogP contribution in [0, 0.1) is 11.8 Å². The third kappa shape index (κ3) is 4.51. The minimum absolute atomic E-state index is 0.298. The van der Waals surface area contributed by atoms with Crippen molar-refractivity contribution in [2.24, 2.45) is 0 Å². The zero-order valence-electron chi connectivity index (χ0n) is 12.2. The number of benzene rings is 2. The average molecular weight is 311 g/mol. The molecule has 0 amide bonds. The molecule has 22 heavy (non-hydrogen) atoms. The first-order chi connectivity index (χ1) is 10.7. The van der Waals surface area contributed by atoms with Crippen molar-refractivity contribution in [1.82, 2.24) is 0 Å². The van der Waals surface area contributed by atoms with Crippen LogP contribution in [0.4, 0.5) is 0 Å². The highest BCUT2D eigenvalue weighted by Gasteiger charge is 2.09. The van der Waals surface area contributed by atoms with Crippen molar-refractivity contribution >= 4 is 23.6 Å². The summed E-state index contributed by atoms with van der Waals surface area (Å²) in [5.74, 6) is 5.62. The molecule has 0 fully saturated rings. The molecular formula is C19H15ClO2. The second-order valence-electron chi connectivity index (χ2n) is 4.53. The molecule has 0 unspecified atom stereocenters.